The Morgan fingerprint density at radius 2 is 2.14 bits per heavy atom. The van der Waals surface area contributed by atoms with Gasteiger partial charge in [0.15, 0.2) is 0 Å². The maximum Gasteiger partial charge on any atom is 0.231 e. The van der Waals surface area contributed by atoms with Crippen molar-refractivity contribution in [3.63, 3.8) is 0 Å². The Balaban J connectivity index is 2.09. The highest BCUT2D eigenvalue weighted by atomic mass is 16.6. The Hall–Kier alpha value is -0.860. The van der Waals surface area contributed by atoms with E-state index in [1.165, 1.54) is 6.42 Å². The van der Waals surface area contributed by atoms with Gasteiger partial charge in [0, 0.05) is 23.2 Å². The summed E-state index contributed by atoms with van der Waals surface area (Å²) in [5, 5.41) is 11.3. The van der Waals surface area contributed by atoms with E-state index in [1.807, 2.05) is 0 Å². The van der Waals surface area contributed by atoms with Crippen LogP contribution in [0.25, 0.3) is 0 Å². The van der Waals surface area contributed by atoms with E-state index in [0.29, 0.717) is 11.8 Å². The number of allylic oxidation sites excluding steroid dienone is 1. The maximum absolute atomic E-state index is 11.3. The van der Waals surface area contributed by atoms with Gasteiger partial charge in [-0.25, -0.2) is 0 Å². The molecule has 2 bridgehead atoms. The Bertz CT molecular complexity index is 312. The Morgan fingerprint density at radius 3 is 2.71 bits per heavy atom. The minimum absolute atomic E-state index is 0.0466. The van der Waals surface area contributed by atoms with E-state index < -0.39 is 5.54 Å². The van der Waals surface area contributed by atoms with Crippen LogP contribution in [0.3, 0.4) is 0 Å². The van der Waals surface area contributed by atoms with Crippen molar-refractivity contribution < 1.29 is 4.92 Å². The van der Waals surface area contributed by atoms with Crippen molar-refractivity contribution in [3.05, 3.63) is 22.3 Å². The van der Waals surface area contributed by atoms with E-state index >= 15 is 0 Å². The van der Waals surface area contributed by atoms with Crippen LogP contribution in [0.4, 0.5) is 0 Å². The molecule has 4 unspecified atom stereocenters. The first-order chi connectivity index (χ1) is 6.75. The topological polar surface area (TPSA) is 43.1 Å². The molecule has 2 fully saturated rings. The van der Waals surface area contributed by atoms with Gasteiger partial charge in [0.2, 0.25) is 5.54 Å². The average molecular weight is 193 g/mol. The Morgan fingerprint density at radius 1 is 1.29 bits per heavy atom. The van der Waals surface area contributed by atoms with Gasteiger partial charge in [0.1, 0.15) is 0 Å². The third-order valence-electron chi connectivity index (χ3n) is 4.63. The first-order valence-electron chi connectivity index (χ1n) is 5.58. The summed E-state index contributed by atoms with van der Waals surface area (Å²) in [6.45, 7) is 0. The third-order valence-corrected chi connectivity index (χ3v) is 4.63. The van der Waals surface area contributed by atoms with Crippen molar-refractivity contribution in [2.75, 3.05) is 0 Å². The molecule has 0 radical (unpaired) electrons. The minimum Gasteiger partial charge on any atom is -0.264 e. The van der Waals surface area contributed by atoms with Gasteiger partial charge in [-0.15, -0.1) is 0 Å². The molecule has 4 atom stereocenters. The van der Waals surface area contributed by atoms with Crippen molar-refractivity contribution >= 4 is 0 Å². The molecule has 76 valence electrons. The molecule has 14 heavy (non-hydrogen) atoms. The molecule has 3 nitrogen and oxygen atoms in total. The fourth-order valence-electron chi connectivity index (χ4n) is 4.04. The number of rotatable bonds is 1. The van der Waals surface area contributed by atoms with Crippen molar-refractivity contribution in [2.45, 2.75) is 37.6 Å². The standard InChI is InChI=1S/C11H15NO2/c13-12(14)11-7-1-2-10(11)8-3-5-9(11)6-4-8/h3,5,8-10H,1-2,4,6-7H2. The van der Waals surface area contributed by atoms with E-state index in [0.717, 1.165) is 25.7 Å². The molecule has 0 aliphatic heterocycles. The summed E-state index contributed by atoms with van der Waals surface area (Å²) in [6, 6.07) is 0. The highest BCUT2D eigenvalue weighted by Gasteiger charge is 2.63. The predicted octanol–water partition coefficient (Wildman–Crippen LogP) is 2.40. The third kappa shape index (κ3) is 0.787. The zero-order valence-electron chi connectivity index (χ0n) is 8.19. The molecule has 0 heterocycles. The summed E-state index contributed by atoms with van der Waals surface area (Å²) < 4.78 is 0. The monoisotopic (exact) mass is 193 g/mol. The summed E-state index contributed by atoms with van der Waals surface area (Å²) in [5.41, 5.74) is -0.558. The second-order valence-corrected chi connectivity index (χ2v) is 4.98. The van der Waals surface area contributed by atoms with Crippen LogP contribution >= 0.6 is 0 Å². The fourth-order valence-corrected chi connectivity index (χ4v) is 4.04. The first-order valence-corrected chi connectivity index (χ1v) is 5.58. The molecule has 3 heteroatoms. The lowest BCUT2D eigenvalue weighted by atomic mass is 9.59. The molecule has 0 spiro atoms. The number of hydrogen-bond donors (Lipinski definition) is 0. The van der Waals surface area contributed by atoms with Crippen LogP contribution in [-0.4, -0.2) is 10.5 Å². The van der Waals surface area contributed by atoms with Gasteiger partial charge < -0.3 is 0 Å². The zero-order chi connectivity index (χ0) is 9.76. The van der Waals surface area contributed by atoms with Gasteiger partial charge in [0.05, 0.1) is 0 Å². The average Bonchev–Trinajstić information content (AvgIpc) is 2.66. The second-order valence-electron chi connectivity index (χ2n) is 4.98. The molecule has 4 aliphatic carbocycles. The Labute approximate surface area is 83.3 Å². The van der Waals surface area contributed by atoms with E-state index in [1.54, 1.807) is 0 Å². The molecule has 4 aliphatic rings. The van der Waals surface area contributed by atoms with Gasteiger partial charge >= 0.3 is 0 Å². The number of nitro groups is 1. The molecule has 0 N–H and O–H groups in total. The van der Waals surface area contributed by atoms with E-state index in [2.05, 4.69) is 12.2 Å². The summed E-state index contributed by atoms with van der Waals surface area (Å²) in [6.07, 6.45) is 9.54. The summed E-state index contributed by atoms with van der Waals surface area (Å²) in [5.74, 6) is 1.09. The second kappa shape index (κ2) is 2.59. The summed E-state index contributed by atoms with van der Waals surface area (Å²) in [4.78, 5) is 11.4. The van der Waals surface area contributed by atoms with Crippen LogP contribution in [-0.2, 0) is 0 Å². The molecular weight excluding hydrogens is 178 g/mol. The van der Waals surface area contributed by atoms with Crippen LogP contribution in [0, 0.1) is 27.9 Å². The summed E-state index contributed by atoms with van der Waals surface area (Å²) >= 11 is 0. The van der Waals surface area contributed by atoms with Gasteiger partial charge in [-0.2, -0.15) is 0 Å². The SMILES string of the molecule is O=[N+]([O-])C12CCCC1C1C=CC2CC1. The number of nitrogens with zero attached hydrogens (tertiary/aromatic N) is 1. The molecule has 0 amide bonds. The zero-order valence-corrected chi connectivity index (χ0v) is 8.19. The van der Waals surface area contributed by atoms with Gasteiger partial charge in [-0.1, -0.05) is 12.2 Å². The quantitative estimate of drug-likeness (QED) is 0.364. The van der Waals surface area contributed by atoms with Crippen LogP contribution < -0.4 is 0 Å². The molecule has 0 saturated heterocycles. The van der Waals surface area contributed by atoms with Crippen molar-refractivity contribution in [2.24, 2.45) is 17.8 Å². The molecule has 4 rings (SSSR count). The number of fused-ring (bicyclic) bond motifs is 1. The van der Waals surface area contributed by atoms with Crippen LogP contribution in [0.5, 0.6) is 0 Å². The predicted molar refractivity (Wildman–Crippen MR) is 52.4 cm³/mol. The van der Waals surface area contributed by atoms with E-state index in [9.17, 15) is 10.1 Å². The number of hydrogen-bond acceptors (Lipinski definition) is 2. The fraction of sp³-hybridized carbons (Fsp3) is 0.818. The van der Waals surface area contributed by atoms with Crippen molar-refractivity contribution in [1.82, 2.24) is 0 Å². The van der Waals surface area contributed by atoms with Crippen LogP contribution in [0.15, 0.2) is 12.2 Å². The van der Waals surface area contributed by atoms with E-state index in [4.69, 9.17) is 0 Å². The Kier molecular flexibility index (Phi) is 1.56. The molecule has 0 aromatic heterocycles. The molecule has 0 aromatic rings. The molecule has 2 saturated carbocycles. The van der Waals surface area contributed by atoms with Crippen molar-refractivity contribution in [1.29, 1.82) is 0 Å². The highest BCUT2D eigenvalue weighted by Crippen LogP contribution is 2.56. The highest BCUT2D eigenvalue weighted by molar-refractivity contribution is 5.18. The lowest BCUT2D eigenvalue weighted by Crippen LogP contribution is -2.55. The lowest BCUT2D eigenvalue weighted by Gasteiger charge is -2.44. The maximum atomic E-state index is 11.3. The minimum atomic E-state index is -0.558. The van der Waals surface area contributed by atoms with Crippen LogP contribution in [0.1, 0.15) is 32.1 Å². The lowest BCUT2D eigenvalue weighted by molar-refractivity contribution is -0.592. The van der Waals surface area contributed by atoms with Crippen LogP contribution in [0.2, 0.25) is 0 Å². The first kappa shape index (κ1) is 8.45. The van der Waals surface area contributed by atoms with Gasteiger partial charge in [-0.05, 0) is 31.6 Å². The smallest absolute Gasteiger partial charge is 0.231 e. The van der Waals surface area contributed by atoms with Gasteiger partial charge in [-0.3, -0.25) is 10.1 Å². The van der Waals surface area contributed by atoms with Crippen molar-refractivity contribution in [3.8, 4) is 0 Å². The van der Waals surface area contributed by atoms with E-state index in [-0.39, 0.29) is 10.8 Å². The summed E-state index contributed by atoms with van der Waals surface area (Å²) in [7, 11) is 0. The molecule has 0 aromatic carbocycles. The molecular formula is C11H15NO2. The largest absolute Gasteiger partial charge is 0.264 e. The normalized spacial score (nSPS) is 49.3. The van der Waals surface area contributed by atoms with Gasteiger partial charge in [0.25, 0.3) is 0 Å².